The van der Waals surface area contributed by atoms with Gasteiger partial charge in [0.25, 0.3) is 0 Å². The Morgan fingerprint density at radius 1 is 0.398 bits per heavy atom. The summed E-state index contributed by atoms with van der Waals surface area (Å²) in [5.41, 5.74) is 0. The van der Waals surface area contributed by atoms with Crippen LogP contribution in [0.25, 0.3) is 0 Å². The van der Waals surface area contributed by atoms with Crippen LogP contribution in [0.4, 0.5) is 0 Å². The molecule has 0 aliphatic carbocycles. The third-order valence-corrected chi connectivity index (χ3v) is 16.7. The molecule has 1 amide bonds. The molecule has 3 saturated heterocycles. The molecule has 0 aromatic heterocycles. The molecule has 3 rings (SSSR count). The molecule has 3 fully saturated rings. The van der Waals surface area contributed by atoms with E-state index < -0.39 is 124 Å². The molecule has 0 spiro atoms. The van der Waals surface area contributed by atoms with Gasteiger partial charge < -0.3 is 89.9 Å². The molecular weight excluding hydrogens is 1190 g/mol. The summed E-state index contributed by atoms with van der Waals surface area (Å²) in [7, 11) is 0. The zero-order valence-corrected chi connectivity index (χ0v) is 56.2. The summed E-state index contributed by atoms with van der Waals surface area (Å²) in [5.74, 6) is -0.295. The van der Waals surface area contributed by atoms with Crippen molar-refractivity contribution in [2.24, 2.45) is 0 Å². The zero-order valence-electron chi connectivity index (χ0n) is 56.2. The van der Waals surface area contributed by atoms with Crippen molar-refractivity contribution in [2.45, 2.75) is 311 Å². The fourth-order valence-electron chi connectivity index (χ4n) is 11.0. The lowest BCUT2D eigenvalue weighted by atomic mass is 9.96. The van der Waals surface area contributed by atoms with E-state index in [-0.39, 0.29) is 18.9 Å². The maximum atomic E-state index is 13.4. The number of carbonyl (C=O) groups excluding carboxylic acids is 1. The van der Waals surface area contributed by atoms with E-state index in [0.29, 0.717) is 12.8 Å². The lowest BCUT2D eigenvalue weighted by Gasteiger charge is -2.48. The maximum absolute atomic E-state index is 13.4. The number of ether oxygens (including phenoxy) is 6. The lowest BCUT2D eigenvalue weighted by Crippen LogP contribution is -2.66. The highest BCUT2D eigenvalue weighted by Gasteiger charge is 2.53. The van der Waals surface area contributed by atoms with Crippen LogP contribution in [0.2, 0.25) is 0 Å². The van der Waals surface area contributed by atoms with Crippen LogP contribution in [0, 0.1) is 0 Å². The Hall–Kier alpha value is -3.81. The molecule has 0 bridgehead atoms. The number of rotatable bonds is 52. The van der Waals surface area contributed by atoms with Gasteiger partial charge in [-0.1, -0.05) is 225 Å². The van der Waals surface area contributed by atoms with Gasteiger partial charge in [-0.25, -0.2) is 0 Å². The zero-order chi connectivity index (χ0) is 67.5. The number of allylic oxidation sites excluding steroid dienone is 19. The predicted molar refractivity (Wildman–Crippen MR) is 364 cm³/mol. The van der Waals surface area contributed by atoms with Gasteiger partial charge >= 0.3 is 0 Å². The minimum absolute atomic E-state index is 0.225. The summed E-state index contributed by atoms with van der Waals surface area (Å²) >= 11 is 0. The molecule has 0 aromatic carbocycles. The van der Waals surface area contributed by atoms with Crippen LogP contribution in [-0.4, -0.2) is 193 Å². The van der Waals surface area contributed by atoms with Crippen LogP contribution >= 0.6 is 0 Å². The maximum Gasteiger partial charge on any atom is 0.220 e. The Kier molecular flexibility index (Phi) is 48.6. The average Bonchev–Trinajstić information content (AvgIpc) is 0.805. The standard InChI is InChI=1S/C74H123NO18/c1-3-5-7-9-11-13-15-16-17-18-19-20-21-22-23-24-25-26-27-28-29-30-31-32-33-34-35-36-37-38-39-40-42-44-46-48-50-52-62(80)75-57(58(79)51-49-47-45-43-41-14-12-10-8-6-4-2)56-88-72-68(86)65(83)70(60(54-77)90-72)93-74-69(87)66(84)71(61(55-78)91-74)92-73-67(85)64(82)63(81)59(53-76)89-73/h5,7,11,13,16-17,19-20,22-23,25-26,28-29,31-32,41,43,49,51,57-61,63-74,76-79,81-87H,3-4,6,8-10,12,14-15,18,21,24,27,30,33-40,42,44-48,50,52-56H2,1-2H3,(H,75,80)/b7-5-,13-11-,17-16-,20-19-,23-22-,26-25-,29-28-,32-31-,43-41+,51-49+. The topological polar surface area (TPSA) is 307 Å². The SMILES string of the molecule is CC/C=C\C/C=C\C/C=C\C/C=C\C/C=C\C/C=C\C/C=C\C/C=C\CCCCCCCCCCCCCCC(=O)NC(COC1OC(CO)C(OC2OC(CO)C(OC3OC(CO)C(O)C(O)C3O)C(O)C2O)C(O)C1O)C(O)/C=C/CC/C=C/CCCCCCC. The van der Waals surface area contributed by atoms with Crippen molar-refractivity contribution in [3.05, 3.63) is 122 Å². The van der Waals surface area contributed by atoms with Gasteiger partial charge in [0.05, 0.1) is 38.6 Å². The van der Waals surface area contributed by atoms with Crippen molar-refractivity contribution in [1.29, 1.82) is 0 Å². The second-order valence-electron chi connectivity index (χ2n) is 24.6. The first-order chi connectivity index (χ1) is 45.3. The number of nitrogens with one attached hydrogen (secondary N) is 1. The Labute approximate surface area is 557 Å². The van der Waals surface area contributed by atoms with Gasteiger partial charge in [0.1, 0.15) is 73.2 Å². The van der Waals surface area contributed by atoms with Crippen molar-refractivity contribution in [3.63, 3.8) is 0 Å². The minimum Gasteiger partial charge on any atom is -0.394 e. The van der Waals surface area contributed by atoms with Gasteiger partial charge in [0.15, 0.2) is 18.9 Å². The highest BCUT2D eigenvalue weighted by molar-refractivity contribution is 5.76. The first-order valence-electron chi connectivity index (χ1n) is 35.3. The minimum atomic E-state index is -1.99. The van der Waals surface area contributed by atoms with Crippen LogP contribution in [0.15, 0.2) is 122 Å². The number of amides is 1. The molecule has 19 nitrogen and oxygen atoms in total. The van der Waals surface area contributed by atoms with Crippen molar-refractivity contribution < 1.29 is 89.4 Å². The average molecular weight is 1310 g/mol. The number of aliphatic hydroxyl groups excluding tert-OH is 11. The largest absolute Gasteiger partial charge is 0.394 e. The molecule has 0 saturated carbocycles. The summed E-state index contributed by atoms with van der Waals surface area (Å²) in [4.78, 5) is 13.4. The molecule has 17 atom stereocenters. The molecule has 17 unspecified atom stereocenters. The third kappa shape index (κ3) is 35.8. The van der Waals surface area contributed by atoms with Gasteiger partial charge in [-0.15, -0.1) is 0 Å². The summed E-state index contributed by atoms with van der Waals surface area (Å²) in [5, 5.41) is 120. The van der Waals surface area contributed by atoms with E-state index in [0.717, 1.165) is 103 Å². The van der Waals surface area contributed by atoms with Crippen LogP contribution in [0.5, 0.6) is 0 Å². The van der Waals surface area contributed by atoms with Crippen LogP contribution in [0.3, 0.4) is 0 Å². The highest BCUT2D eigenvalue weighted by atomic mass is 16.8. The van der Waals surface area contributed by atoms with Crippen LogP contribution < -0.4 is 5.32 Å². The van der Waals surface area contributed by atoms with Crippen LogP contribution in [-0.2, 0) is 33.2 Å². The predicted octanol–water partition coefficient (Wildman–Crippen LogP) is 9.60. The highest BCUT2D eigenvalue weighted by Crippen LogP contribution is 2.33. The summed E-state index contributed by atoms with van der Waals surface area (Å²) in [6.07, 6.45) is 47.7. The van der Waals surface area contributed by atoms with Gasteiger partial charge in [-0.3, -0.25) is 4.79 Å². The smallest absolute Gasteiger partial charge is 0.220 e. The van der Waals surface area contributed by atoms with Crippen molar-refractivity contribution in [2.75, 3.05) is 26.4 Å². The number of aliphatic hydroxyl groups is 11. The van der Waals surface area contributed by atoms with E-state index in [4.69, 9.17) is 28.4 Å². The van der Waals surface area contributed by atoms with E-state index in [1.54, 1.807) is 6.08 Å². The Balaban J connectivity index is 1.33. The fourth-order valence-corrected chi connectivity index (χ4v) is 11.0. The van der Waals surface area contributed by atoms with Crippen molar-refractivity contribution in [1.82, 2.24) is 5.32 Å². The van der Waals surface area contributed by atoms with E-state index in [2.05, 4.69) is 129 Å². The number of unbranched alkanes of at least 4 members (excludes halogenated alkanes) is 18. The molecule has 0 radical (unpaired) electrons. The quantitative estimate of drug-likeness (QED) is 0.0199. The lowest BCUT2D eigenvalue weighted by molar-refractivity contribution is -0.379. The van der Waals surface area contributed by atoms with E-state index >= 15 is 0 Å². The molecule has 12 N–H and O–H groups in total. The third-order valence-electron chi connectivity index (χ3n) is 16.7. The number of carbonyl (C=O) groups is 1. The van der Waals surface area contributed by atoms with E-state index in [9.17, 15) is 61.0 Å². The molecule has 532 valence electrons. The summed E-state index contributed by atoms with van der Waals surface area (Å²) < 4.78 is 34.2. The van der Waals surface area contributed by atoms with E-state index in [1.165, 1.54) is 70.6 Å². The summed E-state index contributed by atoms with van der Waals surface area (Å²) in [6.45, 7) is 1.54. The number of hydrogen-bond donors (Lipinski definition) is 12. The second kappa shape index (κ2) is 54.2. The molecule has 0 aromatic rings. The van der Waals surface area contributed by atoms with Crippen molar-refractivity contribution >= 4 is 5.91 Å². The second-order valence-corrected chi connectivity index (χ2v) is 24.6. The fraction of sp³-hybridized carbons (Fsp3) is 0.716. The van der Waals surface area contributed by atoms with Crippen LogP contribution in [0.1, 0.15) is 206 Å². The van der Waals surface area contributed by atoms with E-state index in [1.807, 2.05) is 6.08 Å². The number of hydrogen-bond acceptors (Lipinski definition) is 18. The molecule has 3 heterocycles. The molecule has 19 heteroatoms. The van der Waals surface area contributed by atoms with Gasteiger partial charge in [0, 0.05) is 6.42 Å². The normalized spacial score (nSPS) is 28.3. The summed E-state index contributed by atoms with van der Waals surface area (Å²) in [6, 6.07) is -0.997. The Bertz CT molecular complexity index is 2160. The first kappa shape index (κ1) is 83.4. The molecule has 3 aliphatic rings. The molecular formula is C74H123NO18. The van der Waals surface area contributed by atoms with Gasteiger partial charge in [-0.05, 0) is 96.3 Å². The molecule has 3 aliphatic heterocycles. The van der Waals surface area contributed by atoms with Crippen molar-refractivity contribution in [3.8, 4) is 0 Å². The van der Waals surface area contributed by atoms with Gasteiger partial charge in [0.2, 0.25) is 5.91 Å². The molecule has 93 heavy (non-hydrogen) atoms. The monoisotopic (exact) mass is 1310 g/mol. The first-order valence-corrected chi connectivity index (χ1v) is 35.3. The van der Waals surface area contributed by atoms with Gasteiger partial charge in [-0.2, -0.15) is 0 Å². The Morgan fingerprint density at radius 2 is 0.753 bits per heavy atom. The Morgan fingerprint density at radius 3 is 1.20 bits per heavy atom.